The first-order chi connectivity index (χ1) is 11.3. The summed E-state index contributed by atoms with van der Waals surface area (Å²) < 4.78 is 0. The molecule has 0 unspecified atom stereocenters. The summed E-state index contributed by atoms with van der Waals surface area (Å²) in [4.78, 5) is 26.5. The molecule has 3 aromatic rings. The minimum absolute atomic E-state index is 0.390. The zero-order chi connectivity index (χ0) is 15.9. The van der Waals surface area contributed by atoms with Gasteiger partial charge in [-0.15, -0.1) is 0 Å². The molecule has 0 amide bonds. The van der Waals surface area contributed by atoms with Gasteiger partial charge in [0.2, 0.25) is 5.95 Å². The highest BCUT2D eigenvalue weighted by Crippen LogP contribution is 2.12. The summed E-state index contributed by atoms with van der Waals surface area (Å²) >= 11 is 0. The van der Waals surface area contributed by atoms with Crippen LogP contribution in [0.2, 0.25) is 0 Å². The van der Waals surface area contributed by atoms with Crippen molar-refractivity contribution < 1.29 is 0 Å². The van der Waals surface area contributed by atoms with E-state index in [1.807, 2.05) is 18.2 Å². The summed E-state index contributed by atoms with van der Waals surface area (Å²) in [5.41, 5.74) is 1.64. The third kappa shape index (κ3) is 4.23. The number of nitrogens with one attached hydrogen (secondary N) is 2. The normalized spacial score (nSPS) is 10.4. The maximum atomic E-state index is 11.7. The van der Waals surface area contributed by atoms with E-state index >= 15 is 0 Å². The summed E-state index contributed by atoms with van der Waals surface area (Å²) in [6.07, 6.45) is 5.21. The Bertz CT molecular complexity index is 802. The first-order valence-electron chi connectivity index (χ1n) is 7.48. The van der Waals surface area contributed by atoms with Crippen LogP contribution in [0, 0.1) is 0 Å². The van der Waals surface area contributed by atoms with Gasteiger partial charge >= 0.3 is 5.69 Å². The van der Waals surface area contributed by atoms with Crippen LogP contribution in [0.3, 0.4) is 0 Å². The second kappa shape index (κ2) is 7.31. The average Bonchev–Trinajstić information content (AvgIpc) is 2.60. The fraction of sp³-hybridized carbons (Fsp3) is 0.176. The van der Waals surface area contributed by atoms with E-state index in [9.17, 15) is 4.79 Å². The predicted octanol–water partition coefficient (Wildman–Crippen LogP) is 2.27. The first kappa shape index (κ1) is 14.9. The molecule has 2 N–H and O–H groups in total. The Morgan fingerprint density at radius 1 is 1.00 bits per heavy atom. The fourth-order valence-electron chi connectivity index (χ4n) is 2.24. The molecule has 0 saturated carbocycles. The zero-order valence-electron chi connectivity index (χ0n) is 12.6. The van der Waals surface area contributed by atoms with E-state index in [1.54, 1.807) is 24.5 Å². The second-order valence-electron chi connectivity index (χ2n) is 5.08. The number of nitrogens with zero attached hydrogens (tertiary/aromatic N) is 3. The summed E-state index contributed by atoms with van der Waals surface area (Å²) in [6.45, 7) is 0.720. The molecule has 3 rings (SSSR count). The molecule has 0 fully saturated rings. The Kier molecular flexibility index (Phi) is 4.73. The molecule has 6 heteroatoms. The fourth-order valence-corrected chi connectivity index (χ4v) is 2.24. The standard InChI is InChI=1S/C17H17N5O/c23-17-21-15(14-8-11-18-12-9-14)20-16(22-17)19-10-4-7-13-5-2-1-3-6-13/h1-3,5-6,8-9,11-12H,4,7,10H2,(H2,19,20,21,22,23). The summed E-state index contributed by atoms with van der Waals surface area (Å²) in [7, 11) is 0. The van der Waals surface area contributed by atoms with Gasteiger partial charge in [0, 0.05) is 24.5 Å². The molecule has 0 radical (unpaired) electrons. The second-order valence-corrected chi connectivity index (χ2v) is 5.08. The minimum Gasteiger partial charge on any atom is -0.356 e. The van der Waals surface area contributed by atoms with Crippen LogP contribution in [0.4, 0.5) is 5.95 Å². The molecule has 0 saturated heterocycles. The molecular formula is C17H17N5O. The Hall–Kier alpha value is -3.02. The highest BCUT2D eigenvalue weighted by atomic mass is 16.1. The van der Waals surface area contributed by atoms with Gasteiger partial charge in [0.1, 0.15) is 0 Å². The molecule has 23 heavy (non-hydrogen) atoms. The van der Waals surface area contributed by atoms with Gasteiger partial charge in [-0.2, -0.15) is 9.97 Å². The van der Waals surface area contributed by atoms with Crippen LogP contribution >= 0.6 is 0 Å². The van der Waals surface area contributed by atoms with Crippen molar-refractivity contribution in [3.63, 3.8) is 0 Å². The van der Waals surface area contributed by atoms with Gasteiger partial charge in [0.05, 0.1) is 0 Å². The number of H-pyrrole nitrogens is 1. The number of hydrogen-bond donors (Lipinski definition) is 2. The molecule has 0 aliphatic heterocycles. The lowest BCUT2D eigenvalue weighted by molar-refractivity contribution is 0.846. The molecule has 0 aliphatic rings. The van der Waals surface area contributed by atoms with Crippen molar-refractivity contribution in [3.05, 3.63) is 70.9 Å². The van der Waals surface area contributed by atoms with Gasteiger partial charge in [-0.25, -0.2) is 4.79 Å². The highest BCUT2D eigenvalue weighted by molar-refractivity contribution is 5.54. The van der Waals surface area contributed by atoms with Gasteiger partial charge < -0.3 is 5.32 Å². The van der Waals surface area contributed by atoms with Crippen LogP contribution in [0.1, 0.15) is 12.0 Å². The molecule has 2 heterocycles. The van der Waals surface area contributed by atoms with E-state index in [4.69, 9.17) is 0 Å². The number of hydrogen-bond acceptors (Lipinski definition) is 5. The quantitative estimate of drug-likeness (QED) is 0.683. The molecule has 116 valence electrons. The zero-order valence-corrected chi connectivity index (χ0v) is 12.6. The van der Waals surface area contributed by atoms with Crippen LogP contribution in [-0.2, 0) is 6.42 Å². The number of pyridine rings is 1. The Morgan fingerprint density at radius 2 is 1.78 bits per heavy atom. The number of benzene rings is 1. The highest BCUT2D eigenvalue weighted by Gasteiger charge is 2.05. The van der Waals surface area contributed by atoms with E-state index < -0.39 is 5.69 Å². The van der Waals surface area contributed by atoms with E-state index in [2.05, 4.69) is 37.4 Å². The Balaban J connectivity index is 1.62. The molecule has 0 atom stereocenters. The van der Waals surface area contributed by atoms with Gasteiger partial charge in [-0.1, -0.05) is 30.3 Å². The van der Waals surface area contributed by atoms with Crippen molar-refractivity contribution in [1.82, 2.24) is 19.9 Å². The molecule has 0 aliphatic carbocycles. The van der Waals surface area contributed by atoms with E-state index in [-0.39, 0.29) is 0 Å². The van der Waals surface area contributed by atoms with Crippen LogP contribution in [0.5, 0.6) is 0 Å². The number of aryl methyl sites for hydroxylation is 1. The van der Waals surface area contributed by atoms with Gasteiger partial charge in [0.15, 0.2) is 5.82 Å². The summed E-state index contributed by atoms with van der Waals surface area (Å²) in [6, 6.07) is 13.8. The SMILES string of the molecule is O=c1nc(-c2ccncc2)nc(NCCCc2ccccc2)[nH]1. The van der Waals surface area contributed by atoms with E-state index in [1.165, 1.54) is 5.56 Å². The van der Waals surface area contributed by atoms with Crippen molar-refractivity contribution in [1.29, 1.82) is 0 Å². The summed E-state index contributed by atoms with van der Waals surface area (Å²) in [5.74, 6) is 0.826. The third-order valence-electron chi connectivity index (χ3n) is 3.37. The molecular weight excluding hydrogens is 290 g/mol. The maximum Gasteiger partial charge on any atom is 0.349 e. The summed E-state index contributed by atoms with van der Waals surface area (Å²) in [5, 5.41) is 3.14. The smallest absolute Gasteiger partial charge is 0.349 e. The Morgan fingerprint density at radius 3 is 2.57 bits per heavy atom. The average molecular weight is 307 g/mol. The van der Waals surface area contributed by atoms with Gasteiger partial charge in [-0.3, -0.25) is 9.97 Å². The topological polar surface area (TPSA) is 83.6 Å². The maximum absolute atomic E-state index is 11.7. The molecule has 0 bridgehead atoms. The first-order valence-corrected chi connectivity index (χ1v) is 7.48. The number of rotatable bonds is 6. The third-order valence-corrected chi connectivity index (χ3v) is 3.37. The van der Waals surface area contributed by atoms with Crippen LogP contribution < -0.4 is 11.0 Å². The molecule has 2 aromatic heterocycles. The van der Waals surface area contributed by atoms with Crippen molar-refractivity contribution in [2.45, 2.75) is 12.8 Å². The van der Waals surface area contributed by atoms with Crippen molar-refractivity contribution in [3.8, 4) is 11.4 Å². The number of aromatic amines is 1. The van der Waals surface area contributed by atoms with Crippen LogP contribution in [-0.4, -0.2) is 26.5 Å². The minimum atomic E-state index is -0.419. The number of anilines is 1. The lowest BCUT2D eigenvalue weighted by Crippen LogP contribution is -2.17. The van der Waals surface area contributed by atoms with Crippen molar-refractivity contribution >= 4 is 5.95 Å². The largest absolute Gasteiger partial charge is 0.356 e. The van der Waals surface area contributed by atoms with Crippen molar-refractivity contribution in [2.75, 3.05) is 11.9 Å². The number of aromatic nitrogens is 4. The predicted molar refractivity (Wildman–Crippen MR) is 89.1 cm³/mol. The van der Waals surface area contributed by atoms with Crippen LogP contribution in [0.25, 0.3) is 11.4 Å². The monoisotopic (exact) mass is 307 g/mol. The van der Waals surface area contributed by atoms with Gasteiger partial charge in [0.25, 0.3) is 0 Å². The molecule has 6 nitrogen and oxygen atoms in total. The van der Waals surface area contributed by atoms with E-state index in [0.717, 1.165) is 24.9 Å². The van der Waals surface area contributed by atoms with E-state index in [0.29, 0.717) is 11.8 Å². The lowest BCUT2D eigenvalue weighted by atomic mass is 10.1. The Labute approximate surface area is 133 Å². The van der Waals surface area contributed by atoms with Crippen molar-refractivity contribution in [2.24, 2.45) is 0 Å². The molecule has 1 aromatic carbocycles. The van der Waals surface area contributed by atoms with Crippen LogP contribution in [0.15, 0.2) is 59.7 Å². The molecule has 0 spiro atoms. The lowest BCUT2D eigenvalue weighted by Gasteiger charge is -2.06. The van der Waals surface area contributed by atoms with Gasteiger partial charge in [-0.05, 0) is 30.5 Å².